The summed E-state index contributed by atoms with van der Waals surface area (Å²) in [4.78, 5) is 9.19. The molecule has 2 aliphatic rings. The molecular formula is C46H44N2O10. The van der Waals surface area contributed by atoms with Crippen molar-refractivity contribution < 1.29 is 49.6 Å². The predicted molar refractivity (Wildman–Crippen MR) is 222 cm³/mol. The van der Waals surface area contributed by atoms with Crippen LogP contribution in [-0.4, -0.2) is 56.7 Å². The zero-order valence-corrected chi connectivity index (χ0v) is 33.0. The van der Waals surface area contributed by atoms with E-state index in [9.17, 15) is 30.6 Å². The molecule has 6 N–H and O–H groups in total. The standard InChI is InChI=1S/C46H44N2O10/c1-21(2)35-27-11-23(5)37(43(51)39(27)29(41(49)45(35)53)17-47-15-25-7-9-31-33(13-25)57-19-55-31)38-24(6)12-28-36(22(3)4)46(54)42(50)30(40(28)44(38)52)18-48-16-26-8-10-32-34(14-26)58-20-56-32/h7-14,17-18,21-22,49-54H,15-16,19-20H2,1-6H3. The lowest BCUT2D eigenvalue weighted by Gasteiger charge is -2.23. The van der Waals surface area contributed by atoms with Crippen LogP contribution >= 0.6 is 0 Å². The Balaban J connectivity index is 1.32. The van der Waals surface area contributed by atoms with E-state index in [1.165, 1.54) is 12.4 Å². The molecule has 0 saturated carbocycles. The minimum Gasteiger partial charge on any atom is -0.507 e. The molecule has 0 bridgehead atoms. The first-order valence-corrected chi connectivity index (χ1v) is 19.0. The number of aliphatic imine (C=N–C) groups is 2. The SMILES string of the molecule is Cc1cc2c(C(C)C)c(O)c(O)c(C=NCc3ccc4c(c3)OCO4)c2c(O)c1-c1c(C)cc2c(C(C)C)c(O)c(O)c(C=NCc3ccc4c(c3)OCO4)c2c1O. The van der Waals surface area contributed by atoms with Crippen LogP contribution in [0.3, 0.4) is 0 Å². The molecule has 0 spiro atoms. The quantitative estimate of drug-likeness (QED) is 0.0610. The van der Waals surface area contributed by atoms with Gasteiger partial charge in [0.05, 0.1) is 13.1 Å². The van der Waals surface area contributed by atoms with E-state index in [1.54, 1.807) is 26.0 Å². The Labute approximate surface area is 334 Å². The number of phenols is 6. The highest BCUT2D eigenvalue weighted by molar-refractivity contribution is 6.15. The largest absolute Gasteiger partial charge is 0.507 e. The third kappa shape index (κ3) is 6.25. The molecular weight excluding hydrogens is 741 g/mol. The van der Waals surface area contributed by atoms with Crippen molar-refractivity contribution in [3.05, 3.63) is 93.0 Å². The lowest BCUT2D eigenvalue weighted by atomic mass is 9.83. The Morgan fingerprint density at radius 3 is 1.28 bits per heavy atom. The van der Waals surface area contributed by atoms with Gasteiger partial charge in [-0.2, -0.15) is 0 Å². The third-order valence-corrected chi connectivity index (χ3v) is 10.9. The number of ether oxygens (including phenoxy) is 4. The Kier molecular flexibility index (Phi) is 9.58. The van der Waals surface area contributed by atoms with E-state index in [-0.39, 0.29) is 94.5 Å². The average Bonchev–Trinajstić information content (AvgIpc) is 3.85. The molecule has 2 heterocycles. The number of phenolic OH excluding ortho intramolecular Hbond substituents is 6. The number of benzene rings is 6. The highest BCUT2D eigenvalue weighted by Crippen LogP contribution is 2.54. The molecule has 58 heavy (non-hydrogen) atoms. The molecule has 8 rings (SSSR count). The lowest BCUT2D eigenvalue weighted by molar-refractivity contribution is 0.173. The van der Waals surface area contributed by atoms with Gasteiger partial charge in [0.15, 0.2) is 46.0 Å². The molecule has 0 atom stereocenters. The Bertz CT molecular complexity index is 2550. The van der Waals surface area contributed by atoms with Crippen LogP contribution in [0.2, 0.25) is 0 Å². The van der Waals surface area contributed by atoms with Crippen molar-refractivity contribution in [1.29, 1.82) is 0 Å². The Morgan fingerprint density at radius 2 is 0.897 bits per heavy atom. The molecule has 6 aromatic carbocycles. The van der Waals surface area contributed by atoms with E-state index in [0.29, 0.717) is 56.0 Å². The maximum absolute atomic E-state index is 12.4. The molecule has 0 aromatic heterocycles. The fourth-order valence-electron chi connectivity index (χ4n) is 8.19. The number of aryl methyl sites for hydroxylation is 2. The van der Waals surface area contributed by atoms with Crippen molar-refractivity contribution in [3.63, 3.8) is 0 Å². The summed E-state index contributed by atoms with van der Waals surface area (Å²) in [7, 11) is 0. The van der Waals surface area contributed by atoms with E-state index in [4.69, 9.17) is 18.9 Å². The van der Waals surface area contributed by atoms with Gasteiger partial charge in [0.25, 0.3) is 0 Å². The van der Waals surface area contributed by atoms with Crippen molar-refractivity contribution >= 4 is 34.0 Å². The first kappa shape index (κ1) is 38.1. The summed E-state index contributed by atoms with van der Waals surface area (Å²) in [5.41, 5.74) is 4.38. The summed E-state index contributed by atoms with van der Waals surface area (Å²) in [6.07, 6.45) is 2.84. The van der Waals surface area contributed by atoms with E-state index in [1.807, 2.05) is 64.1 Å². The van der Waals surface area contributed by atoms with E-state index >= 15 is 0 Å². The summed E-state index contributed by atoms with van der Waals surface area (Å²) in [6, 6.07) is 14.6. The van der Waals surface area contributed by atoms with Gasteiger partial charge in [0.2, 0.25) is 13.6 Å². The van der Waals surface area contributed by atoms with Crippen LogP contribution in [0.5, 0.6) is 57.5 Å². The third-order valence-electron chi connectivity index (χ3n) is 10.9. The minimum atomic E-state index is -0.446. The van der Waals surface area contributed by atoms with Crippen LogP contribution < -0.4 is 18.9 Å². The highest BCUT2D eigenvalue weighted by Gasteiger charge is 2.30. The van der Waals surface area contributed by atoms with Crippen molar-refractivity contribution in [2.45, 2.75) is 66.5 Å². The molecule has 0 amide bonds. The first-order chi connectivity index (χ1) is 27.8. The second-order valence-electron chi connectivity index (χ2n) is 15.4. The van der Waals surface area contributed by atoms with E-state index in [0.717, 1.165) is 11.1 Å². The smallest absolute Gasteiger partial charge is 0.231 e. The molecule has 0 aliphatic carbocycles. The van der Waals surface area contributed by atoms with Crippen molar-refractivity contribution in [3.8, 4) is 68.6 Å². The predicted octanol–water partition coefficient (Wildman–Crippen LogP) is 9.45. The van der Waals surface area contributed by atoms with Gasteiger partial charge in [-0.1, -0.05) is 52.0 Å². The fourth-order valence-corrected chi connectivity index (χ4v) is 8.19. The maximum atomic E-state index is 12.4. The molecule has 6 aromatic rings. The van der Waals surface area contributed by atoms with Crippen molar-refractivity contribution in [2.75, 3.05) is 13.6 Å². The number of rotatable bonds is 9. The maximum Gasteiger partial charge on any atom is 0.231 e. The zero-order valence-electron chi connectivity index (χ0n) is 33.0. The van der Waals surface area contributed by atoms with Crippen LogP contribution in [0.4, 0.5) is 0 Å². The van der Waals surface area contributed by atoms with Crippen LogP contribution in [0.1, 0.15) is 84.0 Å². The van der Waals surface area contributed by atoms with Crippen LogP contribution in [0.15, 0.2) is 58.5 Å². The minimum absolute atomic E-state index is 0.0929. The summed E-state index contributed by atoms with van der Waals surface area (Å²) < 4.78 is 21.9. The zero-order chi connectivity index (χ0) is 41.2. The monoisotopic (exact) mass is 784 g/mol. The van der Waals surface area contributed by atoms with Gasteiger partial charge in [0, 0.05) is 56.6 Å². The molecule has 2 aliphatic heterocycles. The van der Waals surface area contributed by atoms with Gasteiger partial charge >= 0.3 is 0 Å². The van der Waals surface area contributed by atoms with E-state index in [2.05, 4.69) is 9.98 Å². The van der Waals surface area contributed by atoms with Gasteiger partial charge < -0.3 is 49.6 Å². The van der Waals surface area contributed by atoms with Crippen molar-refractivity contribution in [2.24, 2.45) is 9.98 Å². The van der Waals surface area contributed by atoms with Crippen LogP contribution in [0, 0.1) is 13.8 Å². The highest BCUT2D eigenvalue weighted by atomic mass is 16.7. The topological polar surface area (TPSA) is 183 Å². The second-order valence-corrected chi connectivity index (χ2v) is 15.4. The van der Waals surface area contributed by atoms with Crippen LogP contribution in [0.25, 0.3) is 32.7 Å². The fraction of sp³-hybridized carbons (Fsp3) is 0.261. The molecule has 12 nitrogen and oxygen atoms in total. The summed E-state index contributed by atoms with van der Waals surface area (Å²) in [5.74, 6) is -0.0455. The van der Waals surface area contributed by atoms with Gasteiger partial charge in [-0.3, -0.25) is 9.98 Å². The summed E-state index contributed by atoms with van der Waals surface area (Å²) >= 11 is 0. The molecule has 0 fully saturated rings. The summed E-state index contributed by atoms with van der Waals surface area (Å²) in [5, 5.41) is 72.1. The Hall–Kier alpha value is -6.82. The van der Waals surface area contributed by atoms with Crippen molar-refractivity contribution in [1.82, 2.24) is 0 Å². The van der Waals surface area contributed by atoms with E-state index < -0.39 is 11.5 Å². The number of nitrogens with zero attached hydrogens (tertiary/aromatic N) is 2. The Morgan fingerprint density at radius 1 is 0.517 bits per heavy atom. The second kappa shape index (κ2) is 14.6. The lowest BCUT2D eigenvalue weighted by Crippen LogP contribution is -2.01. The molecule has 0 unspecified atom stereocenters. The average molecular weight is 785 g/mol. The number of hydrogen-bond acceptors (Lipinski definition) is 12. The van der Waals surface area contributed by atoms with Gasteiger partial charge in [-0.25, -0.2) is 0 Å². The van der Waals surface area contributed by atoms with Crippen LogP contribution in [-0.2, 0) is 13.1 Å². The number of aromatic hydroxyl groups is 6. The number of hydrogen-bond donors (Lipinski definition) is 6. The number of fused-ring (bicyclic) bond motifs is 4. The normalized spacial score (nSPS) is 13.4. The molecule has 0 saturated heterocycles. The van der Waals surface area contributed by atoms with Gasteiger partial charge in [0.1, 0.15) is 11.5 Å². The van der Waals surface area contributed by atoms with Gasteiger partial charge in [-0.05, 0) is 83.0 Å². The molecule has 298 valence electrons. The first-order valence-electron chi connectivity index (χ1n) is 19.0. The molecule has 12 heteroatoms. The van der Waals surface area contributed by atoms with Gasteiger partial charge in [-0.15, -0.1) is 0 Å². The summed E-state index contributed by atoms with van der Waals surface area (Å²) in [6.45, 7) is 11.8. The molecule has 0 radical (unpaired) electrons.